The molecule has 1 atom stereocenters. The predicted octanol–water partition coefficient (Wildman–Crippen LogP) is 12.1. The Morgan fingerprint density at radius 3 is 1.77 bits per heavy atom. The van der Waals surface area contributed by atoms with E-state index in [2.05, 4.69) is 43.8 Å². The van der Waals surface area contributed by atoms with E-state index in [1.54, 1.807) is 18.2 Å². The highest BCUT2D eigenvalue weighted by Crippen LogP contribution is 2.57. The van der Waals surface area contributed by atoms with E-state index in [0.29, 0.717) is 68.7 Å². The second-order valence-corrected chi connectivity index (χ2v) is 20.0. The van der Waals surface area contributed by atoms with Gasteiger partial charge < -0.3 is 39.7 Å². The summed E-state index contributed by atoms with van der Waals surface area (Å²) in [5, 5.41) is 27.2. The number of fused-ring (bicyclic) bond motifs is 6. The Labute approximate surface area is 390 Å². The molecule has 1 spiro atoms. The molecule has 1 unspecified atom stereocenters. The standard InChI is InChI=1S/C51H68N3O9PS/c1-4-5-6-7-8-9-10-11-12-13-14-15-16-17-18-19-31-60-64(58,59)61-32-30-54(2,3)37-39-22-20-38(21-23-39)36-52-50(65)53-40-24-27-44-43(33-40)49(57)63-51(44)45-28-25-41(55)34-47(45)62-48-35-42(56)26-29-46(48)51/h20-29,33-35H,4-19,30-32,36-37H2,1-3H3,(H4-,52,53,55,56,58,59,65)/p+1. The number of hydrogen-bond acceptors (Lipinski definition) is 9. The number of phenols is 2. The van der Waals surface area contributed by atoms with Crippen molar-refractivity contribution >= 4 is 36.8 Å². The van der Waals surface area contributed by atoms with Gasteiger partial charge in [0.2, 0.25) is 0 Å². The van der Waals surface area contributed by atoms with Crippen LogP contribution in [0.4, 0.5) is 5.69 Å². The number of phosphoric acid groups is 1. The maximum absolute atomic E-state index is 13.5. The lowest BCUT2D eigenvalue weighted by atomic mass is 9.77. The number of unbranched alkanes of at least 4 members (excludes halogenated alkanes) is 15. The SMILES string of the molecule is CCCCCCCCCCCCCCCCCCOP(=O)(O)OCC[N+](C)(C)Cc1ccc(CNC(=S)Nc2ccc3c(c2)C(=O)OC32c3ccc(O)cc3Oc3cc(O)ccc32)cc1. The molecule has 4 aromatic carbocycles. The lowest BCUT2D eigenvalue weighted by Crippen LogP contribution is -2.41. The fourth-order valence-corrected chi connectivity index (χ4v) is 9.68. The molecule has 352 valence electrons. The molecule has 0 radical (unpaired) electrons. The molecule has 5 N–H and O–H groups in total. The number of phosphoric ester groups is 1. The second-order valence-electron chi connectivity index (χ2n) is 18.2. The van der Waals surface area contributed by atoms with Crippen LogP contribution in [0.3, 0.4) is 0 Å². The number of benzene rings is 4. The summed E-state index contributed by atoms with van der Waals surface area (Å²) in [5.41, 5.74) is 3.43. The number of anilines is 1. The van der Waals surface area contributed by atoms with E-state index in [4.69, 9.17) is 30.7 Å². The van der Waals surface area contributed by atoms with Gasteiger partial charge in [0.1, 0.15) is 42.7 Å². The van der Waals surface area contributed by atoms with Crippen molar-refractivity contribution in [2.24, 2.45) is 0 Å². The first-order chi connectivity index (χ1) is 31.3. The van der Waals surface area contributed by atoms with Crippen molar-refractivity contribution in [1.29, 1.82) is 0 Å². The van der Waals surface area contributed by atoms with Crippen LogP contribution in [-0.4, -0.2) is 64.5 Å². The third-order valence-electron chi connectivity index (χ3n) is 12.3. The van der Waals surface area contributed by atoms with Crippen LogP contribution >= 0.6 is 20.0 Å². The molecule has 4 aromatic rings. The molecule has 0 aliphatic carbocycles. The van der Waals surface area contributed by atoms with Crippen LogP contribution in [0.5, 0.6) is 23.0 Å². The van der Waals surface area contributed by atoms with Gasteiger partial charge >= 0.3 is 13.8 Å². The number of nitrogens with zero attached hydrogens (tertiary/aromatic N) is 1. The van der Waals surface area contributed by atoms with Crippen LogP contribution in [-0.2, 0) is 37.0 Å². The Morgan fingerprint density at radius 1 is 0.692 bits per heavy atom. The minimum absolute atomic E-state index is 0.0108. The summed E-state index contributed by atoms with van der Waals surface area (Å²) in [6.07, 6.45) is 20.4. The van der Waals surface area contributed by atoms with E-state index in [-0.39, 0.29) is 24.7 Å². The number of ether oxygens (including phenoxy) is 2. The zero-order valence-electron chi connectivity index (χ0n) is 38.4. The van der Waals surface area contributed by atoms with E-state index < -0.39 is 19.4 Å². The Hall–Kier alpha value is -4.49. The highest BCUT2D eigenvalue weighted by Gasteiger charge is 2.53. The molecule has 0 amide bonds. The van der Waals surface area contributed by atoms with Crippen molar-refractivity contribution in [3.05, 3.63) is 112 Å². The Balaban J connectivity index is 0.864. The summed E-state index contributed by atoms with van der Waals surface area (Å²) in [6.45, 7) is 4.29. The first-order valence-corrected chi connectivity index (χ1v) is 25.5. The lowest BCUT2D eigenvalue weighted by molar-refractivity contribution is -0.903. The van der Waals surface area contributed by atoms with Gasteiger partial charge in [0, 0.05) is 46.6 Å². The molecule has 14 heteroatoms. The van der Waals surface area contributed by atoms with Crippen molar-refractivity contribution in [3.63, 3.8) is 0 Å². The first kappa shape index (κ1) is 49.9. The summed E-state index contributed by atoms with van der Waals surface area (Å²) in [4.78, 5) is 23.7. The summed E-state index contributed by atoms with van der Waals surface area (Å²) in [7, 11) is 0.00558. The van der Waals surface area contributed by atoms with Crippen molar-refractivity contribution in [3.8, 4) is 23.0 Å². The molecule has 0 saturated heterocycles. The zero-order chi connectivity index (χ0) is 46.3. The number of quaternary nitrogens is 1. The number of carbonyl (C=O) groups is 1. The van der Waals surface area contributed by atoms with Crippen LogP contribution in [0.2, 0.25) is 0 Å². The molecule has 65 heavy (non-hydrogen) atoms. The number of esters is 1. The van der Waals surface area contributed by atoms with Gasteiger partial charge in [0.15, 0.2) is 10.7 Å². The number of likely N-dealkylation sites (N-methyl/N-ethyl adjacent to an activating group) is 1. The van der Waals surface area contributed by atoms with Crippen LogP contribution < -0.4 is 15.4 Å². The molecule has 2 aliphatic rings. The first-order valence-electron chi connectivity index (χ1n) is 23.6. The third kappa shape index (κ3) is 14.3. The third-order valence-corrected chi connectivity index (χ3v) is 13.6. The number of phenolic OH excluding ortho intramolecular Hbond substituents is 2. The van der Waals surface area contributed by atoms with Crippen LogP contribution in [0, 0.1) is 0 Å². The summed E-state index contributed by atoms with van der Waals surface area (Å²) < 4.78 is 35.9. The molecule has 6 rings (SSSR count). The molecule has 12 nitrogen and oxygen atoms in total. The maximum atomic E-state index is 13.5. The molecule has 2 aliphatic heterocycles. The van der Waals surface area contributed by atoms with Gasteiger partial charge in [0.05, 0.1) is 26.3 Å². The van der Waals surface area contributed by atoms with Crippen LogP contribution in [0.15, 0.2) is 78.9 Å². The number of aromatic hydroxyl groups is 2. The Kier molecular flexibility index (Phi) is 18.3. The number of hydrogen-bond donors (Lipinski definition) is 5. The molecular weight excluding hydrogens is 862 g/mol. The summed E-state index contributed by atoms with van der Waals surface area (Å²) in [6, 6.07) is 22.8. The van der Waals surface area contributed by atoms with Gasteiger partial charge in [-0.25, -0.2) is 9.36 Å². The van der Waals surface area contributed by atoms with E-state index in [1.807, 2.05) is 24.3 Å². The Bertz CT molecular complexity index is 2200. The average molecular weight is 931 g/mol. The zero-order valence-corrected chi connectivity index (χ0v) is 40.2. The topological polar surface area (TPSA) is 156 Å². The second kappa shape index (κ2) is 23.8. The Morgan fingerprint density at radius 2 is 1.20 bits per heavy atom. The minimum atomic E-state index is -4.11. The monoisotopic (exact) mass is 930 g/mol. The van der Waals surface area contributed by atoms with Gasteiger partial charge in [-0.1, -0.05) is 134 Å². The van der Waals surface area contributed by atoms with E-state index >= 15 is 0 Å². The largest absolute Gasteiger partial charge is 0.508 e. The maximum Gasteiger partial charge on any atom is 0.472 e. The van der Waals surface area contributed by atoms with Crippen molar-refractivity contribution in [1.82, 2.24) is 5.32 Å². The molecule has 0 saturated carbocycles. The van der Waals surface area contributed by atoms with Crippen LogP contribution in [0.1, 0.15) is 148 Å². The molecule has 0 bridgehead atoms. The summed E-state index contributed by atoms with van der Waals surface area (Å²) in [5.74, 6) is 0.0735. The van der Waals surface area contributed by atoms with Gasteiger partial charge in [-0.3, -0.25) is 9.05 Å². The van der Waals surface area contributed by atoms with E-state index in [1.165, 1.54) is 108 Å². The highest BCUT2D eigenvalue weighted by atomic mass is 32.1. The molecule has 0 fully saturated rings. The smallest absolute Gasteiger partial charge is 0.472 e. The van der Waals surface area contributed by atoms with Crippen molar-refractivity contribution in [2.45, 2.75) is 128 Å². The summed E-state index contributed by atoms with van der Waals surface area (Å²) >= 11 is 5.62. The lowest BCUT2D eigenvalue weighted by Gasteiger charge is -2.36. The molecule has 0 aromatic heterocycles. The number of carbonyl (C=O) groups excluding carboxylic acids is 1. The fraction of sp³-hybridized carbons (Fsp3) is 0.490. The average Bonchev–Trinajstić information content (AvgIpc) is 3.54. The number of rotatable bonds is 27. The highest BCUT2D eigenvalue weighted by molar-refractivity contribution is 7.80. The van der Waals surface area contributed by atoms with Crippen LogP contribution in [0.25, 0.3) is 0 Å². The molecule has 2 heterocycles. The van der Waals surface area contributed by atoms with Crippen molar-refractivity contribution < 1.29 is 47.5 Å². The van der Waals surface area contributed by atoms with Gasteiger partial charge in [0.25, 0.3) is 0 Å². The van der Waals surface area contributed by atoms with E-state index in [0.717, 1.165) is 30.4 Å². The van der Waals surface area contributed by atoms with Gasteiger partial charge in [-0.15, -0.1) is 0 Å². The van der Waals surface area contributed by atoms with Crippen molar-refractivity contribution in [2.75, 3.05) is 39.2 Å². The number of nitrogens with one attached hydrogen (secondary N) is 2. The fourth-order valence-electron chi connectivity index (χ4n) is 8.75. The number of thiocarbonyl (C=S) groups is 1. The van der Waals surface area contributed by atoms with Gasteiger partial charge in [-0.2, -0.15) is 0 Å². The molecular formula is C51H69N3O9PS+. The van der Waals surface area contributed by atoms with E-state index in [9.17, 15) is 24.5 Å². The predicted molar refractivity (Wildman–Crippen MR) is 259 cm³/mol. The quantitative estimate of drug-likeness (QED) is 0.0127. The normalized spacial score (nSPS) is 14.5. The minimum Gasteiger partial charge on any atom is -0.508 e. The van der Waals surface area contributed by atoms with Gasteiger partial charge in [-0.05, 0) is 60.6 Å².